The third-order valence-corrected chi connectivity index (χ3v) is 7.68. The molecule has 0 N–H and O–H groups in total. The molecule has 0 aliphatic heterocycles. The molecule has 0 unspecified atom stereocenters. The van der Waals surface area contributed by atoms with Gasteiger partial charge in [-0.25, -0.2) is 0 Å². The van der Waals surface area contributed by atoms with Crippen LogP contribution < -0.4 is 0 Å². The number of hydrogen-bond acceptors (Lipinski definition) is 3. The van der Waals surface area contributed by atoms with E-state index in [0.717, 1.165) is 38.0 Å². The van der Waals surface area contributed by atoms with Gasteiger partial charge >= 0.3 is 0 Å². The van der Waals surface area contributed by atoms with Gasteiger partial charge in [-0.2, -0.15) is 8.42 Å². The summed E-state index contributed by atoms with van der Waals surface area (Å²) < 4.78 is 29.7. The van der Waals surface area contributed by atoms with Crippen LogP contribution in [0.3, 0.4) is 0 Å². The van der Waals surface area contributed by atoms with Gasteiger partial charge in [0.15, 0.2) is 0 Å². The Balaban J connectivity index is 0. The highest BCUT2D eigenvalue weighted by Crippen LogP contribution is 2.11. The molecule has 0 aliphatic rings. The van der Waals surface area contributed by atoms with Gasteiger partial charge in [-0.1, -0.05) is 78.6 Å². The second kappa shape index (κ2) is 20.8. The van der Waals surface area contributed by atoms with E-state index in [1.54, 1.807) is 0 Å². The number of rotatable bonds is 19. The van der Waals surface area contributed by atoms with E-state index in [1.807, 2.05) is 0 Å². The largest absolute Gasteiger partial charge is 0.325 e. The molecule has 0 aliphatic carbocycles. The van der Waals surface area contributed by atoms with Crippen molar-refractivity contribution in [2.75, 3.05) is 38.5 Å². The van der Waals surface area contributed by atoms with Gasteiger partial charge in [-0.05, 0) is 46.5 Å². The standard InChI is InChI=1S/C17H36O3S.C8H20N/c1-4-5-6-7-8-9-13-16-21(18,19)20-15-12-10-11-14-17(2)3;1-5-9(6-2,7-3)8-4/h17H,4-16H2,1-3H3;5-8H2,1-4H3/q;+1. The van der Waals surface area contributed by atoms with Gasteiger partial charge in [0.1, 0.15) is 0 Å². The van der Waals surface area contributed by atoms with Gasteiger partial charge in [-0.15, -0.1) is 0 Å². The Morgan fingerprint density at radius 1 is 0.667 bits per heavy atom. The van der Waals surface area contributed by atoms with Gasteiger partial charge in [0.2, 0.25) is 0 Å². The summed E-state index contributed by atoms with van der Waals surface area (Å²) in [5.74, 6) is 0.916. The molecule has 0 heterocycles. The maximum Gasteiger partial charge on any atom is 0.267 e. The van der Waals surface area contributed by atoms with Crippen molar-refractivity contribution in [2.24, 2.45) is 5.92 Å². The average molecular weight is 451 g/mol. The summed E-state index contributed by atoms with van der Waals surface area (Å²) in [7, 11) is -3.28. The summed E-state index contributed by atoms with van der Waals surface area (Å²) in [6, 6.07) is 0. The van der Waals surface area contributed by atoms with Crippen molar-refractivity contribution in [3.8, 4) is 0 Å². The van der Waals surface area contributed by atoms with Crippen molar-refractivity contribution < 1.29 is 17.1 Å². The Kier molecular flexibility index (Phi) is 22.2. The van der Waals surface area contributed by atoms with E-state index in [-0.39, 0.29) is 5.75 Å². The zero-order valence-electron chi connectivity index (χ0n) is 21.7. The van der Waals surface area contributed by atoms with Crippen LogP contribution in [0.2, 0.25) is 0 Å². The second-order valence-corrected chi connectivity index (χ2v) is 10.8. The molecule has 0 aromatic carbocycles. The lowest BCUT2D eigenvalue weighted by atomic mass is 10.1. The first kappa shape index (κ1) is 32.1. The summed E-state index contributed by atoms with van der Waals surface area (Å²) in [5.41, 5.74) is 0. The lowest BCUT2D eigenvalue weighted by molar-refractivity contribution is -0.921. The van der Waals surface area contributed by atoms with Crippen LogP contribution in [0.5, 0.6) is 0 Å². The fourth-order valence-corrected chi connectivity index (χ4v) is 4.70. The topological polar surface area (TPSA) is 43.4 Å². The van der Waals surface area contributed by atoms with Crippen LogP contribution in [-0.2, 0) is 14.3 Å². The van der Waals surface area contributed by atoms with Crippen LogP contribution in [0.25, 0.3) is 0 Å². The van der Waals surface area contributed by atoms with Gasteiger partial charge < -0.3 is 4.48 Å². The molecule has 0 saturated heterocycles. The minimum absolute atomic E-state index is 0.187. The van der Waals surface area contributed by atoms with E-state index in [4.69, 9.17) is 4.18 Å². The van der Waals surface area contributed by atoms with Gasteiger partial charge in [0.05, 0.1) is 38.5 Å². The van der Waals surface area contributed by atoms with E-state index >= 15 is 0 Å². The minimum Gasteiger partial charge on any atom is -0.325 e. The maximum absolute atomic E-state index is 11.7. The Bertz CT molecular complexity index is 428. The normalized spacial score (nSPS) is 12.1. The molecule has 0 aromatic rings. The molecule has 0 atom stereocenters. The fraction of sp³-hybridized carbons (Fsp3) is 1.00. The quantitative estimate of drug-likeness (QED) is 0.119. The number of unbranched alkanes of at least 4 members (excludes halogenated alkanes) is 8. The number of quaternary nitrogens is 1. The molecule has 30 heavy (non-hydrogen) atoms. The lowest BCUT2D eigenvalue weighted by Gasteiger charge is -2.34. The highest BCUT2D eigenvalue weighted by molar-refractivity contribution is 7.86. The van der Waals surface area contributed by atoms with Crippen molar-refractivity contribution in [2.45, 2.75) is 119 Å². The lowest BCUT2D eigenvalue weighted by Crippen LogP contribution is -2.47. The molecule has 0 amide bonds. The van der Waals surface area contributed by atoms with Crippen molar-refractivity contribution in [1.82, 2.24) is 0 Å². The van der Waals surface area contributed by atoms with E-state index in [1.165, 1.54) is 69.2 Å². The third kappa shape index (κ3) is 19.8. The van der Waals surface area contributed by atoms with Crippen molar-refractivity contribution in [3.63, 3.8) is 0 Å². The van der Waals surface area contributed by atoms with Crippen molar-refractivity contribution >= 4 is 10.1 Å². The zero-order chi connectivity index (χ0) is 23.3. The number of hydrogen-bond donors (Lipinski definition) is 0. The van der Waals surface area contributed by atoms with Crippen LogP contribution >= 0.6 is 0 Å². The summed E-state index contributed by atoms with van der Waals surface area (Å²) in [4.78, 5) is 0. The molecular weight excluding hydrogens is 394 g/mol. The molecule has 0 radical (unpaired) electrons. The molecule has 0 saturated carbocycles. The predicted molar refractivity (Wildman–Crippen MR) is 133 cm³/mol. The molecule has 5 heteroatoms. The van der Waals surface area contributed by atoms with E-state index in [2.05, 4.69) is 48.5 Å². The Morgan fingerprint density at radius 2 is 1.13 bits per heavy atom. The van der Waals surface area contributed by atoms with Crippen molar-refractivity contribution in [1.29, 1.82) is 0 Å². The SMILES string of the molecule is CCCCCCCCCS(=O)(=O)OCCCCCC(C)C.CC[N+](CC)(CC)CC. The molecule has 184 valence electrons. The molecular formula is C25H56NO3S+. The molecule has 4 nitrogen and oxygen atoms in total. The van der Waals surface area contributed by atoms with E-state index in [9.17, 15) is 8.42 Å². The second-order valence-electron chi connectivity index (χ2n) is 9.05. The Morgan fingerprint density at radius 3 is 1.57 bits per heavy atom. The molecule has 0 fully saturated rings. The average Bonchev–Trinajstić information content (AvgIpc) is 2.72. The monoisotopic (exact) mass is 450 g/mol. The Labute approximate surface area is 190 Å². The first-order chi connectivity index (χ1) is 14.2. The van der Waals surface area contributed by atoms with Crippen LogP contribution in [0, 0.1) is 5.92 Å². The van der Waals surface area contributed by atoms with Gasteiger partial charge in [0, 0.05) is 0 Å². The van der Waals surface area contributed by atoms with E-state index in [0.29, 0.717) is 6.61 Å². The summed E-state index contributed by atoms with van der Waals surface area (Å²) >= 11 is 0. The summed E-state index contributed by atoms with van der Waals surface area (Å²) in [6.07, 6.45) is 12.2. The maximum atomic E-state index is 11.7. The van der Waals surface area contributed by atoms with Crippen LogP contribution in [-0.4, -0.2) is 51.4 Å². The first-order valence-corrected chi connectivity index (χ1v) is 14.5. The predicted octanol–water partition coefficient (Wildman–Crippen LogP) is 7.18. The van der Waals surface area contributed by atoms with Gasteiger partial charge in [-0.3, -0.25) is 4.18 Å². The van der Waals surface area contributed by atoms with Crippen LogP contribution in [0.1, 0.15) is 119 Å². The van der Waals surface area contributed by atoms with Crippen LogP contribution in [0.15, 0.2) is 0 Å². The number of nitrogens with zero attached hydrogens (tertiary/aromatic N) is 1. The fourth-order valence-electron chi connectivity index (χ4n) is 3.65. The summed E-state index contributed by atoms with van der Waals surface area (Å²) in [6.45, 7) is 21.2. The molecule has 0 rings (SSSR count). The Hall–Kier alpha value is -0.130. The smallest absolute Gasteiger partial charge is 0.267 e. The highest BCUT2D eigenvalue weighted by Gasteiger charge is 2.16. The zero-order valence-corrected chi connectivity index (χ0v) is 22.5. The summed E-state index contributed by atoms with van der Waals surface area (Å²) in [5, 5.41) is 0. The van der Waals surface area contributed by atoms with E-state index < -0.39 is 10.1 Å². The van der Waals surface area contributed by atoms with Crippen molar-refractivity contribution in [3.05, 3.63) is 0 Å². The van der Waals surface area contributed by atoms with Gasteiger partial charge in [0.25, 0.3) is 10.1 Å². The molecule has 0 bridgehead atoms. The third-order valence-electron chi connectivity index (χ3n) is 6.37. The van der Waals surface area contributed by atoms with Crippen LogP contribution in [0.4, 0.5) is 0 Å². The molecule has 0 spiro atoms. The molecule has 0 aromatic heterocycles. The minimum atomic E-state index is -3.28. The first-order valence-electron chi connectivity index (χ1n) is 12.9. The highest BCUT2D eigenvalue weighted by atomic mass is 32.2.